The molecular formula is C33H16N6S. The van der Waals surface area contributed by atoms with Crippen LogP contribution in [0.3, 0.4) is 0 Å². The summed E-state index contributed by atoms with van der Waals surface area (Å²) < 4.78 is 2.96. The number of rotatable bonds is 3. The number of thiazole rings is 1. The second kappa shape index (κ2) is 10.1. The standard InChI is InChI=1S/C33H16N6S/c34-17-22(18-35)30-26-13-7-8-14-27(26)31(23(19-36)20-37)28(30)15-25-16-29-32(39(25)24-11-5-2-6-12-24)38-33(40-29)21-9-3-1-4-10-21/h1-16H. The van der Waals surface area contributed by atoms with Crippen LogP contribution in [0.25, 0.3) is 43.8 Å². The zero-order chi connectivity index (χ0) is 27.6. The molecule has 0 amide bonds. The highest BCUT2D eigenvalue weighted by Gasteiger charge is 2.32. The van der Waals surface area contributed by atoms with Gasteiger partial charge in [0, 0.05) is 28.1 Å². The molecule has 40 heavy (non-hydrogen) atoms. The Morgan fingerprint density at radius 1 is 0.700 bits per heavy atom. The summed E-state index contributed by atoms with van der Waals surface area (Å²) in [6, 6.07) is 37.0. The van der Waals surface area contributed by atoms with Gasteiger partial charge in [-0.1, -0.05) is 72.8 Å². The lowest BCUT2D eigenvalue weighted by Crippen LogP contribution is -1.98. The van der Waals surface area contributed by atoms with E-state index in [-0.39, 0.29) is 11.1 Å². The molecule has 0 radical (unpaired) electrons. The van der Waals surface area contributed by atoms with Crippen molar-refractivity contribution in [3.63, 3.8) is 0 Å². The molecule has 0 N–H and O–H groups in total. The van der Waals surface area contributed by atoms with Crippen molar-refractivity contribution in [2.24, 2.45) is 0 Å². The Labute approximate surface area is 234 Å². The van der Waals surface area contributed by atoms with Gasteiger partial charge in [0.25, 0.3) is 0 Å². The Bertz CT molecular complexity index is 1980. The summed E-state index contributed by atoms with van der Waals surface area (Å²) in [6.45, 7) is 0. The number of para-hydroxylation sites is 1. The molecule has 184 valence electrons. The molecule has 1 aliphatic rings. The van der Waals surface area contributed by atoms with Crippen molar-refractivity contribution in [3.05, 3.63) is 125 Å². The minimum absolute atomic E-state index is 0.0898. The fraction of sp³-hybridized carbons (Fsp3) is 0. The van der Waals surface area contributed by atoms with Gasteiger partial charge in [-0.25, -0.2) is 4.98 Å². The van der Waals surface area contributed by atoms with Gasteiger partial charge in [-0.05, 0) is 41.0 Å². The van der Waals surface area contributed by atoms with Gasteiger partial charge in [0.15, 0.2) is 5.65 Å². The van der Waals surface area contributed by atoms with E-state index in [0.29, 0.717) is 27.8 Å². The highest BCUT2D eigenvalue weighted by Crippen LogP contribution is 2.49. The van der Waals surface area contributed by atoms with E-state index in [4.69, 9.17) is 4.98 Å². The average molecular weight is 529 g/mol. The maximum absolute atomic E-state index is 9.87. The van der Waals surface area contributed by atoms with Gasteiger partial charge < -0.3 is 0 Å². The first-order chi connectivity index (χ1) is 19.7. The molecule has 2 aromatic heterocycles. The van der Waals surface area contributed by atoms with Crippen molar-refractivity contribution in [1.29, 1.82) is 21.0 Å². The van der Waals surface area contributed by atoms with Crippen molar-refractivity contribution < 1.29 is 0 Å². The lowest BCUT2D eigenvalue weighted by atomic mass is 9.95. The SMILES string of the molecule is N#CC(C#N)=C1C(=Cc2cc3sc(-c4ccccc4)nc3n2-c2ccccc2)C(=C(C#N)C#N)c2ccccc21. The molecule has 0 bridgehead atoms. The summed E-state index contributed by atoms with van der Waals surface area (Å²) >= 11 is 1.56. The first-order valence-corrected chi connectivity index (χ1v) is 13.0. The summed E-state index contributed by atoms with van der Waals surface area (Å²) in [5, 5.41) is 40.4. The zero-order valence-electron chi connectivity index (χ0n) is 20.8. The van der Waals surface area contributed by atoms with Crippen LogP contribution in [0.1, 0.15) is 16.8 Å². The van der Waals surface area contributed by atoms with Gasteiger partial charge >= 0.3 is 0 Å². The quantitative estimate of drug-likeness (QED) is 0.226. The highest BCUT2D eigenvalue weighted by atomic mass is 32.1. The lowest BCUT2D eigenvalue weighted by Gasteiger charge is -2.10. The number of fused-ring (bicyclic) bond motifs is 2. The normalized spacial score (nSPS) is 11.8. The third-order valence-electron chi connectivity index (χ3n) is 6.66. The van der Waals surface area contributed by atoms with Crippen LogP contribution >= 0.6 is 11.3 Å². The molecule has 1 aliphatic carbocycles. The molecule has 0 fully saturated rings. The molecule has 2 heterocycles. The molecule has 0 saturated heterocycles. The van der Waals surface area contributed by atoms with Crippen LogP contribution in [-0.4, -0.2) is 9.55 Å². The van der Waals surface area contributed by atoms with Crippen molar-refractivity contribution in [2.45, 2.75) is 0 Å². The van der Waals surface area contributed by atoms with Crippen LogP contribution in [0.5, 0.6) is 0 Å². The zero-order valence-corrected chi connectivity index (χ0v) is 21.6. The van der Waals surface area contributed by atoms with Crippen molar-refractivity contribution in [1.82, 2.24) is 9.55 Å². The first-order valence-electron chi connectivity index (χ1n) is 12.2. The number of allylic oxidation sites excluding steroid dienone is 5. The van der Waals surface area contributed by atoms with E-state index in [9.17, 15) is 21.0 Å². The van der Waals surface area contributed by atoms with E-state index < -0.39 is 0 Å². The van der Waals surface area contributed by atoms with Gasteiger partial charge in [-0.2, -0.15) is 21.0 Å². The van der Waals surface area contributed by atoms with E-state index in [2.05, 4.69) is 0 Å². The smallest absolute Gasteiger partial charge is 0.156 e. The number of hydrogen-bond donors (Lipinski definition) is 0. The molecule has 0 saturated carbocycles. The summed E-state index contributed by atoms with van der Waals surface area (Å²) in [6.07, 6.45) is 1.84. The van der Waals surface area contributed by atoms with Gasteiger partial charge in [0.2, 0.25) is 0 Å². The Hall–Kier alpha value is -5.99. The van der Waals surface area contributed by atoms with E-state index in [1.807, 2.05) is 114 Å². The second-order valence-electron chi connectivity index (χ2n) is 8.86. The van der Waals surface area contributed by atoms with Crippen molar-refractivity contribution in [2.75, 3.05) is 0 Å². The minimum atomic E-state index is -0.0898. The van der Waals surface area contributed by atoms with Crippen LogP contribution in [0, 0.1) is 45.3 Å². The molecule has 0 unspecified atom stereocenters. The topological polar surface area (TPSA) is 113 Å². The predicted octanol–water partition coefficient (Wildman–Crippen LogP) is 7.45. The summed E-state index contributed by atoms with van der Waals surface area (Å²) in [4.78, 5) is 4.99. The van der Waals surface area contributed by atoms with E-state index in [1.54, 1.807) is 23.5 Å². The van der Waals surface area contributed by atoms with Crippen molar-refractivity contribution in [3.8, 4) is 40.5 Å². The molecule has 0 atom stereocenters. The van der Waals surface area contributed by atoms with Crippen LogP contribution in [-0.2, 0) is 0 Å². The molecule has 3 aromatic carbocycles. The molecule has 6 rings (SSSR count). The van der Waals surface area contributed by atoms with E-state index in [1.165, 1.54) is 0 Å². The van der Waals surface area contributed by atoms with Gasteiger partial charge in [0.1, 0.15) is 40.4 Å². The third-order valence-corrected chi connectivity index (χ3v) is 7.70. The number of hydrogen-bond acceptors (Lipinski definition) is 6. The fourth-order valence-corrected chi connectivity index (χ4v) is 6.00. The van der Waals surface area contributed by atoms with E-state index >= 15 is 0 Å². The van der Waals surface area contributed by atoms with Gasteiger partial charge in [-0.3, -0.25) is 4.57 Å². The Balaban J connectivity index is 1.69. The largest absolute Gasteiger partial charge is 0.294 e. The lowest BCUT2D eigenvalue weighted by molar-refractivity contribution is 1.08. The maximum Gasteiger partial charge on any atom is 0.156 e. The van der Waals surface area contributed by atoms with Gasteiger partial charge in [0.05, 0.1) is 4.70 Å². The summed E-state index contributed by atoms with van der Waals surface area (Å²) in [7, 11) is 0. The third kappa shape index (κ3) is 3.89. The highest BCUT2D eigenvalue weighted by molar-refractivity contribution is 7.21. The average Bonchev–Trinajstić information content (AvgIpc) is 3.66. The number of nitriles is 4. The fourth-order valence-electron chi connectivity index (χ4n) is 5.00. The molecule has 6 nitrogen and oxygen atoms in total. The first kappa shape index (κ1) is 24.4. The van der Waals surface area contributed by atoms with Crippen LogP contribution < -0.4 is 0 Å². The van der Waals surface area contributed by atoms with Crippen molar-refractivity contribution >= 4 is 38.9 Å². The Morgan fingerprint density at radius 3 is 1.77 bits per heavy atom. The molecular weight excluding hydrogens is 512 g/mol. The summed E-state index contributed by atoms with van der Waals surface area (Å²) in [5.41, 5.74) is 5.76. The molecule has 0 spiro atoms. The second-order valence-corrected chi connectivity index (χ2v) is 9.89. The Morgan fingerprint density at radius 2 is 1.23 bits per heavy atom. The monoisotopic (exact) mass is 528 g/mol. The Kier molecular flexibility index (Phi) is 6.12. The molecule has 7 heteroatoms. The van der Waals surface area contributed by atoms with Crippen LogP contribution in [0.4, 0.5) is 0 Å². The molecule has 5 aromatic rings. The number of benzene rings is 3. The molecule has 0 aliphatic heterocycles. The van der Waals surface area contributed by atoms with Gasteiger partial charge in [-0.15, -0.1) is 11.3 Å². The summed E-state index contributed by atoms with van der Waals surface area (Å²) in [5.74, 6) is 0. The number of aromatic nitrogens is 2. The van der Waals surface area contributed by atoms with E-state index in [0.717, 1.165) is 32.3 Å². The van der Waals surface area contributed by atoms with Crippen LogP contribution in [0.2, 0.25) is 0 Å². The van der Waals surface area contributed by atoms with Crippen LogP contribution in [0.15, 0.2) is 108 Å². The maximum atomic E-state index is 9.87. The number of nitrogens with zero attached hydrogens (tertiary/aromatic N) is 6. The predicted molar refractivity (Wildman–Crippen MR) is 155 cm³/mol. The minimum Gasteiger partial charge on any atom is -0.294 e.